The summed E-state index contributed by atoms with van der Waals surface area (Å²) in [5.74, 6) is 0.579. The molecular formula is C20H28N2O3S. The maximum Gasteiger partial charge on any atom is 0.220 e. The Labute approximate surface area is 156 Å². The molecule has 1 atom stereocenters. The van der Waals surface area contributed by atoms with Crippen LogP contribution in [0, 0.1) is 0 Å². The lowest BCUT2D eigenvalue weighted by atomic mass is 9.73. The van der Waals surface area contributed by atoms with E-state index in [1.807, 2.05) is 0 Å². The van der Waals surface area contributed by atoms with E-state index in [1.165, 1.54) is 11.1 Å². The molecule has 1 spiro atoms. The molecule has 0 unspecified atom stereocenters. The number of amides is 1. The quantitative estimate of drug-likeness (QED) is 0.859. The Bertz CT molecular complexity index is 793. The van der Waals surface area contributed by atoms with Crippen LogP contribution in [-0.2, 0) is 20.2 Å². The van der Waals surface area contributed by atoms with Crippen molar-refractivity contribution in [2.75, 3.05) is 18.8 Å². The number of nitrogens with one attached hydrogen (secondary N) is 1. The van der Waals surface area contributed by atoms with E-state index in [-0.39, 0.29) is 23.0 Å². The van der Waals surface area contributed by atoms with Crippen LogP contribution in [0.1, 0.15) is 62.5 Å². The SMILES string of the molecule is CCS(=O)(=O)N1CCC2(CC1)C[C@@H](CC(=O)NC1CC1)c1ccccc12. The van der Waals surface area contributed by atoms with Crippen molar-refractivity contribution in [3.8, 4) is 0 Å². The minimum atomic E-state index is -3.11. The van der Waals surface area contributed by atoms with Crippen molar-refractivity contribution in [1.82, 2.24) is 9.62 Å². The molecule has 5 nitrogen and oxygen atoms in total. The number of rotatable bonds is 5. The smallest absolute Gasteiger partial charge is 0.220 e. The summed E-state index contributed by atoms with van der Waals surface area (Å²) in [5, 5.41) is 3.11. The lowest BCUT2D eigenvalue weighted by Crippen LogP contribution is -2.44. The summed E-state index contributed by atoms with van der Waals surface area (Å²) < 4.78 is 26.0. The first kappa shape index (κ1) is 18.0. The number of carbonyl (C=O) groups excluding carboxylic acids is 1. The van der Waals surface area contributed by atoms with Gasteiger partial charge in [-0.3, -0.25) is 4.79 Å². The Morgan fingerprint density at radius 1 is 1.23 bits per heavy atom. The number of sulfonamides is 1. The summed E-state index contributed by atoms with van der Waals surface area (Å²) in [6.45, 7) is 2.89. The molecule has 26 heavy (non-hydrogen) atoms. The van der Waals surface area contributed by atoms with E-state index in [0.29, 0.717) is 25.6 Å². The summed E-state index contributed by atoms with van der Waals surface area (Å²) >= 11 is 0. The van der Waals surface area contributed by atoms with E-state index in [0.717, 1.165) is 32.1 Å². The van der Waals surface area contributed by atoms with Crippen molar-refractivity contribution in [3.63, 3.8) is 0 Å². The molecule has 1 aromatic carbocycles. The number of hydrogen-bond acceptors (Lipinski definition) is 3. The van der Waals surface area contributed by atoms with Gasteiger partial charge in [0.25, 0.3) is 0 Å². The monoisotopic (exact) mass is 376 g/mol. The first-order chi connectivity index (χ1) is 12.4. The molecule has 1 amide bonds. The summed E-state index contributed by atoms with van der Waals surface area (Å²) in [4.78, 5) is 12.4. The van der Waals surface area contributed by atoms with Crippen molar-refractivity contribution in [2.45, 2.75) is 62.8 Å². The first-order valence-corrected chi connectivity index (χ1v) is 11.4. The Morgan fingerprint density at radius 3 is 2.58 bits per heavy atom. The molecule has 0 aromatic heterocycles. The van der Waals surface area contributed by atoms with E-state index in [1.54, 1.807) is 11.2 Å². The standard InChI is InChI=1S/C20H28N2O3S/c1-2-26(24,25)22-11-9-20(10-12-22)14-15(13-19(23)21-16-7-8-16)17-5-3-4-6-18(17)20/h3-6,15-16H,2,7-14H2,1H3,(H,21,23)/t15-/m1/s1. The Hall–Kier alpha value is -1.40. The molecule has 1 saturated carbocycles. The number of hydrogen-bond donors (Lipinski definition) is 1. The van der Waals surface area contributed by atoms with Crippen LogP contribution in [-0.4, -0.2) is 43.5 Å². The third-order valence-corrected chi connectivity index (χ3v) is 8.30. The zero-order chi connectivity index (χ0) is 18.4. The second-order valence-electron chi connectivity index (χ2n) is 8.11. The molecule has 3 aliphatic rings. The van der Waals surface area contributed by atoms with Crippen molar-refractivity contribution >= 4 is 15.9 Å². The van der Waals surface area contributed by atoms with Gasteiger partial charge in [0, 0.05) is 25.6 Å². The summed E-state index contributed by atoms with van der Waals surface area (Å²) in [6, 6.07) is 8.88. The maximum atomic E-state index is 12.4. The molecule has 1 saturated heterocycles. The topological polar surface area (TPSA) is 66.5 Å². The van der Waals surface area contributed by atoms with Gasteiger partial charge < -0.3 is 5.32 Å². The Morgan fingerprint density at radius 2 is 1.92 bits per heavy atom. The molecule has 142 valence electrons. The highest BCUT2D eigenvalue weighted by Gasteiger charge is 2.46. The second kappa shape index (κ2) is 6.64. The summed E-state index contributed by atoms with van der Waals surface area (Å²) in [7, 11) is -3.11. The predicted molar refractivity (Wildman–Crippen MR) is 102 cm³/mol. The number of benzene rings is 1. The second-order valence-corrected chi connectivity index (χ2v) is 10.4. The maximum absolute atomic E-state index is 12.4. The molecule has 1 aromatic rings. The van der Waals surface area contributed by atoms with Gasteiger partial charge in [0.1, 0.15) is 0 Å². The van der Waals surface area contributed by atoms with Gasteiger partial charge >= 0.3 is 0 Å². The van der Waals surface area contributed by atoms with Crippen molar-refractivity contribution < 1.29 is 13.2 Å². The van der Waals surface area contributed by atoms with Crippen molar-refractivity contribution in [2.24, 2.45) is 0 Å². The molecule has 0 radical (unpaired) electrons. The Kier molecular flexibility index (Phi) is 4.59. The number of fused-ring (bicyclic) bond motifs is 2. The zero-order valence-electron chi connectivity index (χ0n) is 15.4. The van der Waals surface area contributed by atoms with Gasteiger partial charge in [0.2, 0.25) is 15.9 Å². The summed E-state index contributed by atoms with van der Waals surface area (Å²) in [6.07, 6.45) is 5.43. The lowest BCUT2D eigenvalue weighted by Gasteiger charge is -2.39. The van der Waals surface area contributed by atoms with Crippen LogP contribution in [0.15, 0.2) is 24.3 Å². The summed E-state index contributed by atoms with van der Waals surface area (Å²) in [5.41, 5.74) is 2.67. The van der Waals surface area contributed by atoms with Gasteiger partial charge in [0.05, 0.1) is 5.75 Å². The van der Waals surface area contributed by atoms with Gasteiger partial charge in [0.15, 0.2) is 0 Å². The van der Waals surface area contributed by atoms with Crippen LogP contribution in [0.4, 0.5) is 0 Å². The van der Waals surface area contributed by atoms with Crippen LogP contribution in [0.25, 0.3) is 0 Å². The van der Waals surface area contributed by atoms with Gasteiger partial charge in [-0.2, -0.15) is 0 Å². The zero-order valence-corrected chi connectivity index (χ0v) is 16.2. The fourth-order valence-electron chi connectivity index (χ4n) is 4.80. The first-order valence-electron chi connectivity index (χ1n) is 9.80. The largest absolute Gasteiger partial charge is 0.353 e. The van der Waals surface area contributed by atoms with E-state index >= 15 is 0 Å². The molecule has 1 aliphatic heterocycles. The molecule has 1 N–H and O–H groups in total. The average molecular weight is 377 g/mol. The van der Waals surface area contributed by atoms with Crippen LogP contribution >= 0.6 is 0 Å². The lowest BCUT2D eigenvalue weighted by molar-refractivity contribution is -0.121. The van der Waals surface area contributed by atoms with Crippen molar-refractivity contribution in [3.05, 3.63) is 35.4 Å². The highest BCUT2D eigenvalue weighted by atomic mass is 32.2. The van der Waals surface area contributed by atoms with Gasteiger partial charge in [-0.25, -0.2) is 12.7 Å². The molecule has 0 bridgehead atoms. The van der Waals surface area contributed by atoms with E-state index in [2.05, 4.69) is 29.6 Å². The third kappa shape index (κ3) is 3.29. The molecule has 2 fully saturated rings. The van der Waals surface area contributed by atoms with E-state index in [4.69, 9.17) is 0 Å². The average Bonchev–Trinajstić information content (AvgIpc) is 3.40. The number of nitrogens with zero attached hydrogens (tertiary/aromatic N) is 1. The van der Waals surface area contributed by atoms with Gasteiger partial charge in [-0.05, 0) is 61.5 Å². The van der Waals surface area contributed by atoms with Crippen LogP contribution < -0.4 is 5.32 Å². The highest BCUT2D eigenvalue weighted by molar-refractivity contribution is 7.89. The number of carbonyl (C=O) groups is 1. The fraction of sp³-hybridized carbons (Fsp3) is 0.650. The molecule has 4 rings (SSSR count). The Balaban J connectivity index is 1.52. The minimum Gasteiger partial charge on any atom is -0.353 e. The van der Waals surface area contributed by atoms with Crippen LogP contribution in [0.3, 0.4) is 0 Å². The van der Waals surface area contributed by atoms with E-state index < -0.39 is 10.0 Å². The minimum absolute atomic E-state index is 0.0287. The van der Waals surface area contributed by atoms with Crippen LogP contribution in [0.5, 0.6) is 0 Å². The van der Waals surface area contributed by atoms with Gasteiger partial charge in [-0.1, -0.05) is 24.3 Å². The third-order valence-electron chi connectivity index (χ3n) is 6.42. The molecule has 2 aliphatic carbocycles. The highest BCUT2D eigenvalue weighted by Crippen LogP contribution is 2.52. The predicted octanol–water partition coefficient (Wildman–Crippen LogP) is 2.53. The fourth-order valence-corrected chi connectivity index (χ4v) is 5.90. The number of piperidine rings is 1. The van der Waals surface area contributed by atoms with Crippen LogP contribution in [0.2, 0.25) is 0 Å². The van der Waals surface area contributed by atoms with Gasteiger partial charge in [-0.15, -0.1) is 0 Å². The molecular weight excluding hydrogens is 348 g/mol. The van der Waals surface area contributed by atoms with E-state index in [9.17, 15) is 13.2 Å². The van der Waals surface area contributed by atoms with Crippen molar-refractivity contribution in [1.29, 1.82) is 0 Å². The molecule has 1 heterocycles. The molecule has 6 heteroatoms. The normalized spacial score (nSPS) is 25.2.